The van der Waals surface area contributed by atoms with Gasteiger partial charge in [-0.05, 0) is 35.4 Å². The van der Waals surface area contributed by atoms with Gasteiger partial charge in [0.1, 0.15) is 5.02 Å². The Kier molecular flexibility index (Phi) is 6.76. The third-order valence-corrected chi connectivity index (χ3v) is 4.62. The summed E-state index contributed by atoms with van der Waals surface area (Å²) in [5, 5.41) is 13.8. The van der Waals surface area contributed by atoms with Gasteiger partial charge in [-0.3, -0.25) is 19.8 Å². The number of halogens is 1. The fourth-order valence-electron chi connectivity index (χ4n) is 2.89. The van der Waals surface area contributed by atoms with Crippen LogP contribution in [0.2, 0.25) is 5.02 Å². The Hall–Kier alpha value is -2.74. The summed E-state index contributed by atoms with van der Waals surface area (Å²) in [7, 11) is 0. The maximum absolute atomic E-state index is 12.2. The summed E-state index contributed by atoms with van der Waals surface area (Å²) in [6.45, 7) is 4.07. The minimum absolute atomic E-state index is 0.0590. The summed E-state index contributed by atoms with van der Waals surface area (Å²) in [6.07, 6.45) is 2.85. The number of amides is 1. The second-order valence-corrected chi connectivity index (χ2v) is 6.79. The number of benzene rings is 2. The molecule has 3 rings (SSSR count). The van der Waals surface area contributed by atoms with Crippen molar-refractivity contribution in [2.75, 3.05) is 31.6 Å². The Morgan fingerprint density at radius 1 is 1.25 bits per heavy atom. The van der Waals surface area contributed by atoms with E-state index in [9.17, 15) is 14.9 Å². The molecule has 8 heteroatoms. The lowest BCUT2D eigenvalue weighted by molar-refractivity contribution is -0.384. The zero-order valence-corrected chi connectivity index (χ0v) is 15.9. The molecule has 2 aromatic carbocycles. The van der Waals surface area contributed by atoms with Gasteiger partial charge in [0.05, 0.1) is 18.1 Å². The average Bonchev–Trinajstić information content (AvgIpc) is 2.68. The molecule has 1 N–H and O–H groups in total. The molecule has 1 saturated heterocycles. The van der Waals surface area contributed by atoms with Gasteiger partial charge in [-0.25, -0.2) is 0 Å². The Balaban J connectivity index is 1.61. The third-order valence-electron chi connectivity index (χ3n) is 4.30. The Bertz CT molecular complexity index is 895. The van der Waals surface area contributed by atoms with Crippen LogP contribution in [0.4, 0.5) is 11.4 Å². The predicted octanol–water partition coefficient (Wildman–Crippen LogP) is 3.73. The summed E-state index contributed by atoms with van der Waals surface area (Å²) in [5.41, 5.74) is 2.13. The van der Waals surface area contributed by atoms with Crippen molar-refractivity contribution in [3.63, 3.8) is 0 Å². The number of nitro groups is 1. The van der Waals surface area contributed by atoms with Gasteiger partial charge in [-0.1, -0.05) is 29.8 Å². The average molecular weight is 402 g/mol. The molecule has 1 aliphatic heterocycles. The lowest BCUT2D eigenvalue weighted by Gasteiger charge is -2.26. The van der Waals surface area contributed by atoms with Gasteiger partial charge < -0.3 is 10.1 Å². The molecule has 1 aliphatic rings. The van der Waals surface area contributed by atoms with E-state index in [1.807, 2.05) is 24.3 Å². The van der Waals surface area contributed by atoms with E-state index < -0.39 is 4.92 Å². The Labute approximate surface area is 167 Å². The van der Waals surface area contributed by atoms with E-state index >= 15 is 0 Å². The van der Waals surface area contributed by atoms with Crippen molar-refractivity contribution in [3.8, 4) is 0 Å². The number of rotatable bonds is 6. The van der Waals surface area contributed by atoms with Gasteiger partial charge in [0, 0.05) is 37.5 Å². The summed E-state index contributed by atoms with van der Waals surface area (Å²) in [6, 6.07) is 12.1. The van der Waals surface area contributed by atoms with E-state index in [2.05, 4.69) is 10.2 Å². The van der Waals surface area contributed by atoms with Gasteiger partial charge in [0.2, 0.25) is 5.91 Å². The molecule has 0 saturated carbocycles. The minimum Gasteiger partial charge on any atom is -0.379 e. The van der Waals surface area contributed by atoms with Crippen molar-refractivity contribution in [2.45, 2.75) is 6.54 Å². The lowest BCUT2D eigenvalue weighted by Crippen LogP contribution is -2.35. The molecule has 0 radical (unpaired) electrons. The standard InChI is InChI=1S/C20H20ClN3O4/c21-18-6-4-15(13-19(18)24(26)27)5-7-20(25)22-17-3-1-2-16(12-17)14-23-8-10-28-11-9-23/h1-7,12-13H,8-11,14H2,(H,22,25)/b7-5+. The Morgan fingerprint density at radius 3 is 2.79 bits per heavy atom. The van der Waals surface area contributed by atoms with E-state index in [0.717, 1.165) is 38.4 Å². The van der Waals surface area contributed by atoms with E-state index in [-0.39, 0.29) is 16.6 Å². The van der Waals surface area contributed by atoms with Gasteiger partial charge in [-0.2, -0.15) is 0 Å². The fourth-order valence-corrected chi connectivity index (χ4v) is 3.08. The summed E-state index contributed by atoms with van der Waals surface area (Å²) in [5.74, 6) is -0.318. The first-order valence-corrected chi connectivity index (χ1v) is 9.21. The van der Waals surface area contributed by atoms with Crippen molar-refractivity contribution in [1.82, 2.24) is 4.90 Å². The van der Waals surface area contributed by atoms with Crippen molar-refractivity contribution in [3.05, 3.63) is 74.8 Å². The molecule has 0 unspecified atom stereocenters. The minimum atomic E-state index is -0.556. The highest BCUT2D eigenvalue weighted by atomic mass is 35.5. The Morgan fingerprint density at radius 2 is 2.04 bits per heavy atom. The van der Waals surface area contributed by atoms with Gasteiger partial charge in [-0.15, -0.1) is 0 Å². The zero-order chi connectivity index (χ0) is 19.9. The second-order valence-electron chi connectivity index (χ2n) is 6.38. The van der Waals surface area contributed by atoms with E-state index in [4.69, 9.17) is 16.3 Å². The van der Waals surface area contributed by atoms with Crippen molar-refractivity contribution < 1.29 is 14.5 Å². The molecule has 146 valence electrons. The lowest BCUT2D eigenvalue weighted by atomic mass is 10.1. The zero-order valence-electron chi connectivity index (χ0n) is 15.1. The van der Waals surface area contributed by atoms with Gasteiger partial charge in [0.15, 0.2) is 0 Å². The first-order valence-electron chi connectivity index (χ1n) is 8.83. The predicted molar refractivity (Wildman–Crippen MR) is 108 cm³/mol. The van der Waals surface area contributed by atoms with Crippen LogP contribution in [0.15, 0.2) is 48.5 Å². The summed E-state index contributed by atoms with van der Waals surface area (Å²) >= 11 is 5.79. The first kappa shape index (κ1) is 20.0. The van der Waals surface area contributed by atoms with Crippen molar-refractivity contribution in [2.24, 2.45) is 0 Å². The molecule has 0 spiro atoms. The van der Waals surface area contributed by atoms with Crippen LogP contribution in [-0.4, -0.2) is 42.0 Å². The number of nitrogens with one attached hydrogen (secondary N) is 1. The van der Waals surface area contributed by atoms with E-state index in [1.54, 1.807) is 6.07 Å². The van der Waals surface area contributed by atoms with Gasteiger partial charge >= 0.3 is 0 Å². The molecule has 2 aromatic rings. The quantitative estimate of drug-likeness (QED) is 0.453. The molecule has 7 nitrogen and oxygen atoms in total. The largest absolute Gasteiger partial charge is 0.379 e. The number of carbonyl (C=O) groups excluding carboxylic acids is 1. The fraction of sp³-hybridized carbons (Fsp3) is 0.250. The molecule has 0 aromatic heterocycles. The number of morpholine rings is 1. The molecule has 28 heavy (non-hydrogen) atoms. The summed E-state index contributed by atoms with van der Waals surface area (Å²) in [4.78, 5) is 24.9. The molecule has 1 fully saturated rings. The normalized spacial score (nSPS) is 14.9. The van der Waals surface area contributed by atoms with E-state index in [0.29, 0.717) is 11.3 Å². The maximum atomic E-state index is 12.2. The molecular weight excluding hydrogens is 382 g/mol. The highest BCUT2D eigenvalue weighted by Crippen LogP contribution is 2.25. The van der Waals surface area contributed by atoms with Crippen LogP contribution in [0.1, 0.15) is 11.1 Å². The summed E-state index contributed by atoms with van der Waals surface area (Å²) < 4.78 is 5.35. The number of anilines is 1. The maximum Gasteiger partial charge on any atom is 0.288 e. The SMILES string of the molecule is O=C(/C=C/c1ccc(Cl)c([N+](=O)[O-])c1)Nc1cccc(CN2CCOCC2)c1. The van der Waals surface area contributed by atoms with Crippen LogP contribution in [0, 0.1) is 10.1 Å². The van der Waals surface area contributed by atoms with Crippen LogP contribution < -0.4 is 5.32 Å². The highest BCUT2D eigenvalue weighted by molar-refractivity contribution is 6.32. The second kappa shape index (κ2) is 9.45. The topological polar surface area (TPSA) is 84.7 Å². The van der Waals surface area contributed by atoms with Gasteiger partial charge in [0.25, 0.3) is 5.69 Å². The van der Waals surface area contributed by atoms with Crippen LogP contribution in [0.25, 0.3) is 6.08 Å². The molecule has 0 bridgehead atoms. The number of nitro benzene ring substituents is 1. The molecule has 0 atom stereocenters. The number of hydrogen-bond donors (Lipinski definition) is 1. The first-order chi connectivity index (χ1) is 13.5. The number of nitrogens with zero attached hydrogens (tertiary/aromatic N) is 2. The number of hydrogen-bond acceptors (Lipinski definition) is 5. The van der Waals surface area contributed by atoms with E-state index in [1.165, 1.54) is 24.3 Å². The van der Waals surface area contributed by atoms with Crippen molar-refractivity contribution in [1.29, 1.82) is 0 Å². The number of ether oxygens (including phenoxy) is 1. The van der Waals surface area contributed by atoms with Crippen molar-refractivity contribution >= 4 is 35.0 Å². The van der Waals surface area contributed by atoms with Crippen LogP contribution in [-0.2, 0) is 16.1 Å². The van der Waals surface area contributed by atoms with Crippen LogP contribution in [0.3, 0.4) is 0 Å². The monoisotopic (exact) mass is 401 g/mol. The molecule has 1 amide bonds. The molecule has 0 aliphatic carbocycles. The molecular formula is C20H20ClN3O4. The molecule has 1 heterocycles. The van der Waals surface area contributed by atoms with Crippen LogP contribution in [0.5, 0.6) is 0 Å². The third kappa shape index (κ3) is 5.63. The number of carbonyl (C=O) groups is 1. The van der Waals surface area contributed by atoms with Crippen LogP contribution >= 0.6 is 11.6 Å². The smallest absolute Gasteiger partial charge is 0.288 e. The highest BCUT2D eigenvalue weighted by Gasteiger charge is 2.12.